The third-order valence-electron chi connectivity index (χ3n) is 5.89. The lowest BCUT2D eigenvalue weighted by molar-refractivity contribution is 0.0892. The predicted molar refractivity (Wildman–Crippen MR) is 119 cm³/mol. The normalized spacial score (nSPS) is 14.0. The van der Waals surface area contributed by atoms with E-state index in [0.29, 0.717) is 6.54 Å². The lowest BCUT2D eigenvalue weighted by Crippen LogP contribution is -2.37. The van der Waals surface area contributed by atoms with Crippen molar-refractivity contribution in [2.75, 3.05) is 6.61 Å². The van der Waals surface area contributed by atoms with E-state index in [1.807, 2.05) is 30.3 Å². The number of hydrogen-bond acceptors (Lipinski definition) is 3. The number of rotatable bonds is 6. The molecule has 0 saturated carbocycles. The Balaban J connectivity index is 1.50. The van der Waals surface area contributed by atoms with Crippen LogP contribution in [0.5, 0.6) is 0 Å². The van der Waals surface area contributed by atoms with Gasteiger partial charge >= 0.3 is 0 Å². The van der Waals surface area contributed by atoms with Crippen LogP contribution in [0.1, 0.15) is 17.2 Å². The molecule has 3 nitrogen and oxygen atoms in total. The summed E-state index contributed by atoms with van der Waals surface area (Å²) in [4.78, 5) is 0. The van der Waals surface area contributed by atoms with Gasteiger partial charge in [-0.3, -0.25) is 0 Å². The van der Waals surface area contributed by atoms with E-state index in [0.717, 1.165) is 11.1 Å². The molecule has 0 heterocycles. The molecule has 5 aromatic rings. The SMILES string of the molecule is OC[C@H](NCc1ccc2ccc3cccc4ccc1c2c34)[C@@H](O)c1ccccc1. The fourth-order valence-corrected chi connectivity index (χ4v) is 4.35. The molecular formula is C26H23NO2. The smallest absolute Gasteiger partial charge is 0.0965 e. The van der Waals surface area contributed by atoms with E-state index in [9.17, 15) is 10.2 Å². The van der Waals surface area contributed by atoms with Gasteiger partial charge in [0, 0.05) is 6.54 Å². The van der Waals surface area contributed by atoms with Crippen LogP contribution >= 0.6 is 0 Å². The van der Waals surface area contributed by atoms with E-state index in [2.05, 4.69) is 59.9 Å². The number of nitrogens with one attached hydrogen (secondary N) is 1. The number of aliphatic hydroxyl groups is 2. The van der Waals surface area contributed by atoms with Crippen LogP contribution in [0.2, 0.25) is 0 Å². The number of hydrogen-bond donors (Lipinski definition) is 3. The molecule has 0 aromatic heterocycles. The molecule has 5 rings (SSSR count). The third kappa shape index (κ3) is 3.14. The average Bonchev–Trinajstić information content (AvgIpc) is 2.79. The summed E-state index contributed by atoms with van der Waals surface area (Å²) in [6, 6.07) is 28.5. The summed E-state index contributed by atoms with van der Waals surface area (Å²) in [5.41, 5.74) is 1.96. The second kappa shape index (κ2) is 7.45. The van der Waals surface area contributed by atoms with Gasteiger partial charge in [-0.1, -0.05) is 84.9 Å². The summed E-state index contributed by atoms with van der Waals surface area (Å²) in [7, 11) is 0. The fraction of sp³-hybridized carbons (Fsp3) is 0.154. The van der Waals surface area contributed by atoms with Crippen LogP contribution < -0.4 is 5.32 Å². The Morgan fingerprint density at radius 3 is 2.07 bits per heavy atom. The molecule has 5 aromatic carbocycles. The minimum atomic E-state index is -0.763. The van der Waals surface area contributed by atoms with Gasteiger partial charge in [0.25, 0.3) is 0 Å². The van der Waals surface area contributed by atoms with Crippen LogP contribution in [0.25, 0.3) is 32.3 Å². The number of benzene rings is 5. The molecule has 0 fully saturated rings. The predicted octanol–water partition coefficient (Wildman–Crippen LogP) is 4.77. The fourth-order valence-electron chi connectivity index (χ4n) is 4.35. The summed E-state index contributed by atoms with van der Waals surface area (Å²) in [6.45, 7) is 0.436. The van der Waals surface area contributed by atoms with E-state index in [1.165, 1.54) is 32.3 Å². The summed E-state index contributed by atoms with van der Waals surface area (Å²) >= 11 is 0. The Morgan fingerprint density at radius 1 is 0.690 bits per heavy atom. The minimum absolute atomic E-state index is 0.137. The lowest BCUT2D eigenvalue weighted by atomic mass is 9.92. The standard InChI is InChI=1S/C26H23NO2/c28-16-23(26(29)20-5-2-1-3-6-20)27-15-21-12-11-19-10-9-17-7-4-8-18-13-14-22(21)25(19)24(17)18/h1-14,23,26-29H,15-16H2/t23-,26-/m0/s1. The maximum Gasteiger partial charge on any atom is 0.0965 e. The molecule has 2 atom stereocenters. The highest BCUT2D eigenvalue weighted by Crippen LogP contribution is 2.35. The van der Waals surface area contributed by atoms with Gasteiger partial charge in [-0.05, 0) is 43.4 Å². The highest BCUT2D eigenvalue weighted by atomic mass is 16.3. The lowest BCUT2D eigenvalue weighted by Gasteiger charge is -2.23. The van der Waals surface area contributed by atoms with Gasteiger partial charge in [0.1, 0.15) is 0 Å². The van der Waals surface area contributed by atoms with Gasteiger partial charge < -0.3 is 15.5 Å². The van der Waals surface area contributed by atoms with Crippen molar-refractivity contribution >= 4 is 32.3 Å². The Bertz CT molecular complexity index is 1250. The summed E-state index contributed by atoms with van der Waals surface area (Å²) < 4.78 is 0. The van der Waals surface area contributed by atoms with Crippen molar-refractivity contribution < 1.29 is 10.2 Å². The first-order valence-electron chi connectivity index (χ1n) is 9.99. The molecule has 0 spiro atoms. The Hall–Kier alpha value is -2.98. The minimum Gasteiger partial charge on any atom is -0.395 e. The van der Waals surface area contributed by atoms with Crippen molar-refractivity contribution in [3.8, 4) is 0 Å². The maximum absolute atomic E-state index is 10.7. The van der Waals surface area contributed by atoms with Crippen molar-refractivity contribution in [3.05, 3.63) is 96.1 Å². The molecule has 0 unspecified atom stereocenters. The number of aliphatic hydroxyl groups excluding tert-OH is 2. The second-order valence-corrected chi connectivity index (χ2v) is 7.61. The molecule has 29 heavy (non-hydrogen) atoms. The van der Waals surface area contributed by atoms with E-state index >= 15 is 0 Å². The van der Waals surface area contributed by atoms with Gasteiger partial charge in [0.15, 0.2) is 0 Å². The zero-order valence-corrected chi connectivity index (χ0v) is 16.0. The van der Waals surface area contributed by atoms with Crippen LogP contribution in [0.3, 0.4) is 0 Å². The van der Waals surface area contributed by atoms with Crippen LogP contribution in [0, 0.1) is 0 Å². The molecule has 0 radical (unpaired) electrons. The molecule has 0 bridgehead atoms. The van der Waals surface area contributed by atoms with E-state index in [4.69, 9.17) is 0 Å². The third-order valence-corrected chi connectivity index (χ3v) is 5.89. The van der Waals surface area contributed by atoms with Gasteiger partial charge in [-0.15, -0.1) is 0 Å². The van der Waals surface area contributed by atoms with Crippen molar-refractivity contribution in [2.24, 2.45) is 0 Å². The Labute approximate surface area is 169 Å². The van der Waals surface area contributed by atoms with Crippen LogP contribution in [-0.4, -0.2) is 22.9 Å². The van der Waals surface area contributed by atoms with E-state index < -0.39 is 12.1 Å². The van der Waals surface area contributed by atoms with Crippen molar-refractivity contribution in [2.45, 2.75) is 18.7 Å². The van der Waals surface area contributed by atoms with Crippen molar-refractivity contribution in [3.63, 3.8) is 0 Å². The average molecular weight is 381 g/mol. The largest absolute Gasteiger partial charge is 0.395 e. The molecular weight excluding hydrogens is 358 g/mol. The summed E-state index contributed by atoms with van der Waals surface area (Å²) in [5.74, 6) is 0. The van der Waals surface area contributed by atoms with Crippen LogP contribution in [-0.2, 0) is 6.54 Å². The Morgan fingerprint density at radius 2 is 1.34 bits per heavy atom. The molecule has 0 aliphatic heterocycles. The maximum atomic E-state index is 10.7. The molecule has 3 N–H and O–H groups in total. The Kier molecular flexibility index (Phi) is 4.64. The van der Waals surface area contributed by atoms with E-state index in [1.54, 1.807) is 0 Å². The zero-order chi connectivity index (χ0) is 19.8. The molecule has 3 heteroatoms. The van der Waals surface area contributed by atoms with E-state index in [-0.39, 0.29) is 6.61 Å². The van der Waals surface area contributed by atoms with Gasteiger partial charge in [-0.2, -0.15) is 0 Å². The molecule has 0 aliphatic carbocycles. The highest BCUT2D eigenvalue weighted by molar-refractivity contribution is 6.23. The first kappa shape index (κ1) is 18.1. The summed E-state index contributed by atoms with van der Waals surface area (Å²) in [5, 5.41) is 31.4. The first-order valence-corrected chi connectivity index (χ1v) is 9.99. The molecule has 0 saturated heterocycles. The zero-order valence-electron chi connectivity index (χ0n) is 16.0. The van der Waals surface area contributed by atoms with Crippen LogP contribution in [0.4, 0.5) is 0 Å². The second-order valence-electron chi connectivity index (χ2n) is 7.61. The summed E-state index contributed by atoms with van der Waals surface area (Å²) in [6.07, 6.45) is -0.763. The first-order chi connectivity index (χ1) is 14.3. The van der Waals surface area contributed by atoms with Crippen molar-refractivity contribution in [1.82, 2.24) is 5.32 Å². The molecule has 0 amide bonds. The van der Waals surface area contributed by atoms with Gasteiger partial charge in [-0.25, -0.2) is 0 Å². The topological polar surface area (TPSA) is 52.5 Å². The van der Waals surface area contributed by atoms with Gasteiger partial charge in [0.2, 0.25) is 0 Å². The van der Waals surface area contributed by atoms with Crippen molar-refractivity contribution in [1.29, 1.82) is 0 Å². The monoisotopic (exact) mass is 381 g/mol. The van der Waals surface area contributed by atoms with Crippen LogP contribution in [0.15, 0.2) is 84.9 Å². The molecule has 144 valence electrons. The quantitative estimate of drug-likeness (QED) is 0.372. The van der Waals surface area contributed by atoms with Gasteiger partial charge in [0.05, 0.1) is 18.8 Å². The molecule has 0 aliphatic rings. The highest BCUT2D eigenvalue weighted by Gasteiger charge is 2.20.